The molecule has 5 heteroatoms. The summed E-state index contributed by atoms with van der Waals surface area (Å²) in [6.45, 7) is 3.88. The van der Waals surface area contributed by atoms with Gasteiger partial charge in [-0.25, -0.2) is 0 Å². The third kappa shape index (κ3) is 37.4. The number of unbranched alkanes of at least 4 members (excludes halogenated alkanes) is 7. The Labute approximate surface area is 306 Å². The van der Waals surface area contributed by atoms with Gasteiger partial charge in [0.25, 0.3) is 0 Å². The van der Waals surface area contributed by atoms with Gasteiger partial charge in [-0.2, -0.15) is 0 Å². The van der Waals surface area contributed by atoms with Gasteiger partial charge in [-0.15, -0.1) is 0 Å². The van der Waals surface area contributed by atoms with E-state index < -0.39 is 6.10 Å². The van der Waals surface area contributed by atoms with Gasteiger partial charge in [0.05, 0.1) is 6.61 Å². The van der Waals surface area contributed by atoms with E-state index in [1.54, 1.807) is 0 Å². The molecule has 1 atom stereocenters. The van der Waals surface area contributed by atoms with Crippen molar-refractivity contribution in [2.75, 3.05) is 13.2 Å². The third-order valence-corrected chi connectivity index (χ3v) is 7.56. The van der Waals surface area contributed by atoms with Gasteiger partial charge in [-0.1, -0.05) is 155 Å². The Hall–Kier alpha value is -3.44. The molecule has 0 aromatic rings. The van der Waals surface area contributed by atoms with Crippen molar-refractivity contribution in [3.05, 3.63) is 109 Å². The van der Waals surface area contributed by atoms with E-state index in [1.807, 2.05) is 12.2 Å². The summed E-state index contributed by atoms with van der Waals surface area (Å²) in [7, 11) is 0. The zero-order valence-electron chi connectivity index (χ0n) is 31.6. The maximum absolute atomic E-state index is 12.1. The molecule has 5 nitrogen and oxygen atoms in total. The fourth-order valence-corrected chi connectivity index (χ4v) is 4.65. The van der Waals surface area contributed by atoms with Gasteiger partial charge in [-0.05, 0) is 83.5 Å². The molecule has 0 fully saturated rings. The average Bonchev–Trinajstić information content (AvgIpc) is 3.12. The highest BCUT2D eigenvalue weighted by atomic mass is 16.6. The van der Waals surface area contributed by atoms with Crippen LogP contribution in [0, 0.1) is 0 Å². The molecular weight excluding hydrogens is 620 g/mol. The minimum atomic E-state index is -0.835. The molecule has 0 amide bonds. The van der Waals surface area contributed by atoms with Crippen LogP contribution in [0.25, 0.3) is 0 Å². The van der Waals surface area contributed by atoms with Crippen LogP contribution in [-0.4, -0.2) is 36.4 Å². The van der Waals surface area contributed by atoms with Gasteiger partial charge in [0.1, 0.15) is 6.61 Å². The Morgan fingerprint density at radius 1 is 0.480 bits per heavy atom. The van der Waals surface area contributed by atoms with Gasteiger partial charge in [-0.3, -0.25) is 9.59 Å². The fraction of sp³-hybridized carbons (Fsp3) is 0.556. The lowest BCUT2D eigenvalue weighted by Gasteiger charge is -2.15. The minimum Gasteiger partial charge on any atom is -0.462 e. The Morgan fingerprint density at radius 2 is 0.900 bits per heavy atom. The summed E-state index contributed by atoms with van der Waals surface area (Å²) in [5.74, 6) is -0.762. The molecule has 280 valence electrons. The number of hydrogen-bond donors (Lipinski definition) is 1. The lowest BCUT2D eigenvalue weighted by atomic mass is 10.1. The molecule has 0 aromatic carbocycles. The molecule has 0 rings (SSSR count). The molecule has 0 bridgehead atoms. The van der Waals surface area contributed by atoms with E-state index in [9.17, 15) is 14.7 Å². The smallest absolute Gasteiger partial charge is 0.306 e. The van der Waals surface area contributed by atoms with E-state index >= 15 is 0 Å². The van der Waals surface area contributed by atoms with Crippen molar-refractivity contribution in [1.82, 2.24) is 0 Å². The van der Waals surface area contributed by atoms with Crippen LogP contribution < -0.4 is 0 Å². The maximum atomic E-state index is 12.1. The second-order valence-corrected chi connectivity index (χ2v) is 12.3. The number of aliphatic hydroxyl groups excluding tert-OH is 1. The third-order valence-electron chi connectivity index (χ3n) is 7.56. The first-order valence-electron chi connectivity index (χ1n) is 19.4. The lowest BCUT2D eigenvalue weighted by molar-refractivity contribution is -0.161. The number of rotatable bonds is 33. The maximum Gasteiger partial charge on any atom is 0.306 e. The van der Waals surface area contributed by atoms with Crippen molar-refractivity contribution in [2.24, 2.45) is 0 Å². The molecular formula is C45H70O5. The van der Waals surface area contributed by atoms with Crippen molar-refractivity contribution in [3.63, 3.8) is 0 Å². The fourth-order valence-electron chi connectivity index (χ4n) is 4.65. The monoisotopic (exact) mass is 691 g/mol. The first kappa shape index (κ1) is 46.6. The molecule has 0 saturated heterocycles. The van der Waals surface area contributed by atoms with Crippen LogP contribution in [0.5, 0.6) is 0 Å². The zero-order valence-corrected chi connectivity index (χ0v) is 31.6. The number of esters is 2. The molecule has 0 saturated carbocycles. The van der Waals surface area contributed by atoms with Crippen molar-refractivity contribution in [1.29, 1.82) is 0 Å². The number of carbonyl (C=O) groups is 2. The lowest BCUT2D eigenvalue weighted by Crippen LogP contribution is -2.28. The molecule has 0 heterocycles. The van der Waals surface area contributed by atoms with Gasteiger partial charge in [0, 0.05) is 12.8 Å². The van der Waals surface area contributed by atoms with E-state index in [0.29, 0.717) is 12.8 Å². The molecule has 0 aliphatic heterocycles. The topological polar surface area (TPSA) is 72.8 Å². The molecule has 0 radical (unpaired) electrons. The molecule has 0 unspecified atom stereocenters. The second-order valence-electron chi connectivity index (χ2n) is 12.3. The summed E-state index contributed by atoms with van der Waals surface area (Å²) >= 11 is 0. The van der Waals surface area contributed by atoms with Crippen LogP contribution in [-0.2, 0) is 19.1 Å². The van der Waals surface area contributed by atoms with Gasteiger partial charge < -0.3 is 14.6 Å². The summed E-state index contributed by atoms with van der Waals surface area (Å²) in [4.78, 5) is 24.2. The summed E-state index contributed by atoms with van der Waals surface area (Å²) in [5.41, 5.74) is 0. The predicted octanol–water partition coefficient (Wildman–Crippen LogP) is 12.3. The Kier molecular flexibility index (Phi) is 37.2. The first-order valence-corrected chi connectivity index (χ1v) is 19.4. The summed E-state index contributed by atoms with van der Waals surface area (Å²) in [6, 6.07) is 0. The molecule has 50 heavy (non-hydrogen) atoms. The SMILES string of the molecule is CC/C=C\C/C=C\C/C=C\C/C=C\C/C=C\C/C=C\CCC(=O)OC[C@H](CO)OC(=O)CCC/C=C\C/C=C\C/C=C\CCCCCCCC. The first-order chi connectivity index (χ1) is 24.6. The van der Waals surface area contributed by atoms with Crippen molar-refractivity contribution in [3.8, 4) is 0 Å². The van der Waals surface area contributed by atoms with Crippen molar-refractivity contribution in [2.45, 2.75) is 148 Å². The molecule has 0 aliphatic carbocycles. The largest absolute Gasteiger partial charge is 0.462 e. The Balaban J connectivity index is 3.82. The molecule has 0 spiro atoms. The van der Waals surface area contributed by atoms with E-state index in [-0.39, 0.29) is 38.0 Å². The highest BCUT2D eigenvalue weighted by molar-refractivity contribution is 5.70. The van der Waals surface area contributed by atoms with Crippen LogP contribution in [0.1, 0.15) is 142 Å². The number of carbonyl (C=O) groups excluding carboxylic acids is 2. The average molecular weight is 691 g/mol. The van der Waals surface area contributed by atoms with Crippen LogP contribution in [0.4, 0.5) is 0 Å². The number of allylic oxidation sites excluding steroid dienone is 18. The summed E-state index contributed by atoms with van der Waals surface area (Å²) in [5, 5.41) is 9.53. The molecule has 1 N–H and O–H groups in total. The van der Waals surface area contributed by atoms with Gasteiger partial charge in [0.15, 0.2) is 6.10 Å². The van der Waals surface area contributed by atoms with E-state index in [0.717, 1.165) is 57.8 Å². The normalized spacial score (nSPS) is 13.4. The Morgan fingerprint density at radius 3 is 1.38 bits per heavy atom. The number of aliphatic hydroxyl groups is 1. The highest BCUT2D eigenvalue weighted by Crippen LogP contribution is 2.08. The number of ether oxygens (including phenoxy) is 2. The minimum absolute atomic E-state index is 0.134. The van der Waals surface area contributed by atoms with Crippen LogP contribution >= 0.6 is 0 Å². The van der Waals surface area contributed by atoms with E-state index in [2.05, 4.69) is 111 Å². The highest BCUT2D eigenvalue weighted by Gasteiger charge is 2.15. The Bertz CT molecular complexity index is 1050. The quantitative estimate of drug-likeness (QED) is 0.0421. The standard InChI is InChI=1S/C45H70O5/c1-3-5-7-9-11-13-15-17-19-21-22-24-25-27-29-31-33-35-37-39-44(47)49-42-43(41-46)50-45(48)40-38-36-34-32-30-28-26-23-20-18-16-14-12-10-8-6-4-2/h5,7,11,13,17-20,22,24,26-29,32-35,43,46H,3-4,6,8-10,12,14-16,21,23,25,30-31,36-42H2,1-2H3/b7-5-,13-11-,19-17-,20-18-,24-22-,28-26-,29-27-,34-32-,35-33-/t43-/m0/s1. The molecule has 0 aromatic heterocycles. The van der Waals surface area contributed by atoms with Crippen LogP contribution in [0.2, 0.25) is 0 Å². The van der Waals surface area contributed by atoms with Gasteiger partial charge >= 0.3 is 11.9 Å². The van der Waals surface area contributed by atoms with Crippen LogP contribution in [0.3, 0.4) is 0 Å². The van der Waals surface area contributed by atoms with Crippen LogP contribution in [0.15, 0.2) is 109 Å². The van der Waals surface area contributed by atoms with Crippen molar-refractivity contribution < 1.29 is 24.2 Å². The van der Waals surface area contributed by atoms with Crippen molar-refractivity contribution >= 4 is 11.9 Å². The zero-order chi connectivity index (χ0) is 36.4. The second kappa shape index (κ2) is 40.0. The summed E-state index contributed by atoms with van der Waals surface area (Å²) < 4.78 is 10.5. The van der Waals surface area contributed by atoms with E-state index in [1.165, 1.54) is 44.9 Å². The molecule has 0 aliphatic rings. The van der Waals surface area contributed by atoms with E-state index in [4.69, 9.17) is 9.47 Å². The number of hydrogen-bond acceptors (Lipinski definition) is 5. The summed E-state index contributed by atoms with van der Waals surface area (Å²) in [6.07, 6.45) is 57.3. The predicted molar refractivity (Wildman–Crippen MR) is 214 cm³/mol. The van der Waals surface area contributed by atoms with Gasteiger partial charge in [0.2, 0.25) is 0 Å².